The summed E-state index contributed by atoms with van der Waals surface area (Å²) in [6, 6.07) is 19.8. The zero-order valence-corrected chi connectivity index (χ0v) is 14.0. The van der Waals surface area contributed by atoms with E-state index in [1.54, 1.807) is 0 Å². The number of hydrogen-bond acceptors (Lipinski definition) is 6. The molecule has 8 heteroatoms. The van der Waals surface area contributed by atoms with Crippen molar-refractivity contribution in [2.24, 2.45) is 0 Å². The highest BCUT2D eigenvalue weighted by Gasteiger charge is 2.10. The number of aromatic nitrogens is 6. The van der Waals surface area contributed by atoms with Gasteiger partial charge < -0.3 is 0 Å². The SMILES string of the molecule is c1ccc(-c2nc(SSc3n[nH]c(-c4ccccc4)n3)n[nH]2)cc1. The molecule has 24 heavy (non-hydrogen) atoms. The van der Waals surface area contributed by atoms with Crippen molar-refractivity contribution in [3.05, 3.63) is 60.7 Å². The summed E-state index contributed by atoms with van der Waals surface area (Å²) in [4.78, 5) is 8.94. The van der Waals surface area contributed by atoms with Crippen molar-refractivity contribution >= 4 is 21.6 Å². The molecule has 2 aromatic carbocycles. The van der Waals surface area contributed by atoms with Crippen LogP contribution in [0.2, 0.25) is 0 Å². The van der Waals surface area contributed by atoms with Crippen LogP contribution in [0, 0.1) is 0 Å². The fraction of sp³-hybridized carbons (Fsp3) is 0. The lowest BCUT2D eigenvalue weighted by molar-refractivity contribution is 0.973. The van der Waals surface area contributed by atoms with E-state index in [2.05, 4.69) is 30.4 Å². The Bertz CT molecular complexity index is 842. The van der Waals surface area contributed by atoms with Gasteiger partial charge in [0.15, 0.2) is 11.6 Å². The highest BCUT2D eigenvalue weighted by Crippen LogP contribution is 2.34. The van der Waals surface area contributed by atoms with Crippen LogP contribution in [0.5, 0.6) is 0 Å². The maximum absolute atomic E-state index is 4.47. The molecule has 0 fully saturated rings. The van der Waals surface area contributed by atoms with Crippen LogP contribution in [0.1, 0.15) is 0 Å². The highest BCUT2D eigenvalue weighted by molar-refractivity contribution is 8.76. The first-order chi connectivity index (χ1) is 11.9. The molecule has 2 N–H and O–H groups in total. The molecule has 0 aliphatic heterocycles. The van der Waals surface area contributed by atoms with Crippen molar-refractivity contribution < 1.29 is 0 Å². The molecule has 2 aromatic heterocycles. The number of aromatic amines is 2. The maximum Gasteiger partial charge on any atom is 0.219 e. The fourth-order valence-electron chi connectivity index (χ4n) is 2.09. The van der Waals surface area contributed by atoms with Crippen LogP contribution in [0.15, 0.2) is 71.0 Å². The van der Waals surface area contributed by atoms with Crippen LogP contribution in [0.4, 0.5) is 0 Å². The highest BCUT2D eigenvalue weighted by atomic mass is 33.1. The van der Waals surface area contributed by atoms with Gasteiger partial charge in [-0.05, 0) is 21.6 Å². The first-order valence-electron chi connectivity index (χ1n) is 7.19. The average Bonchev–Trinajstić information content (AvgIpc) is 3.31. The maximum atomic E-state index is 4.47. The summed E-state index contributed by atoms with van der Waals surface area (Å²) in [7, 11) is 2.83. The van der Waals surface area contributed by atoms with Crippen LogP contribution in [-0.4, -0.2) is 30.4 Å². The van der Waals surface area contributed by atoms with Gasteiger partial charge in [0.05, 0.1) is 0 Å². The van der Waals surface area contributed by atoms with Crippen molar-refractivity contribution in [1.82, 2.24) is 30.4 Å². The average molecular weight is 352 g/mol. The molecule has 0 radical (unpaired) electrons. The molecule has 4 rings (SSSR count). The van der Waals surface area contributed by atoms with Crippen molar-refractivity contribution in [2.75, 3.05) is 0 Å². The molecule has 4 aromatic rings. The summed E-state index contributed by atoms with van der Waals surface area (Å²) >= 11 is 0. The van der Waals surface area contributed by atoms with Crippen LogP contribution >= 0.6 is 21.6 Å². The molecule has 0 spiro atoms. The Kier molecular flexibility index (Phi) is 4.30. The monoisotopic (exact) mass is 352 g/mol. The van der Waals surface area contributed by atoms with Crippen LogP contribution in [-0.2, 0) is 0 Å². The minimum atomic E-state index is 0.643. The first-order valence-corrected chi connectivity index (χ1v) is 9.33. The normalized spacial score (nSPS) is 10.8. The van der Waals surface area contributed by atoms with Crippen molar-refractivity contribution in [3.63, 3.8) is 0 Å². The molecular weight excluding hydrogens is 340 g/mol. The first kappa shape index (κ1) is 15.0. The lowest BCUT2D eigenvalue weighted by atomic mass is 10.2. The number of H-pyrrole nitrogens is 2. The van der Waals surface area contributed by atoms with Crippen molar-refractivity contribution in [2.45, 2.75) is 10.3 Å². The topological polar surface area (TPSA) is 83.1 Å². The Morgan fingerprint density at radius 3 is 1.42 bits per heavy atom. The van der Waals surface area contributed by atoms with E-state index < -0.39 is 0 Å². The molecule has 2 heterocycles. The summed E-state index contributed by atoms with van der Waals surface area (Å²) in [6.07, 6.45) is 0. The number of benzene rings is 2. The Balaban J connectivity index is 1.43. The Hall–Kier alpha value is -2.58. The summed E-state index contributed by atoms with van der Waals surface area (Å²) < 4.78 is 0. The standard InChI is InChI=1S/C16H12N6S2/c1-3-7-11(8-4-1)13-17-15(21-19-13)23-24-16-18-14(20-22-16)12-9-5-2-6-10-12/h1-10H,(H,17,19,21)(H,18,20,22). The lowest BCUT2D eigenvalue weighted by Gasteiger charge is -1.93. The molecule has 0 aliphatic rings. The third-order valence-electron chi connectivity index (χ3n) is 3.21. The molecule has 0 saturated heterocycles. The number of nitrogens with one attached hydrogen (secondary N) is 2. The predicted molar refractivity (Wildman–Crippen MR) is 95.4 cm³/mol. The van der Waals surface area contributed by atoms with Gasteiger partial charge >= 0.3 is 0 Å². The van der Waals surface area contributed by atoms with E-state index in [1.165, 1.54) is 21.6 Å². The van der Waals surface area contributed by atoms with Crippen molar-refractivity contribution in [1.29, 1.82) is 0 Å². The summed E-state index contributed by atoms with van der Waals surface area (Å²) in [5.41, 5.74) is 2.01. The second kappa shape index (κ2) is 6.90. The van der Waals surface area contributed by atoms with Gasteiger partial charge in [0, 0.05) is 11.1 Å². The number of nitrogens with zero attached hydrogens (tertiary/aromatic N) is 4. The molecule has 0 atom stereocenters. The molecular formula is C16H12N6S2. The molecule has 0 bridgehead atoms. The van der Waals surface area contributed by atoms with E-state index in [0.29, 0.717) is 10.3 Å². The number of hydrogen-bond donors (Lipinski definition) is 2. The van der Waals surface area contributed by atoms with Gasteiger partial charge in [-0.3, -0.25) is 10.2 Å². The van der Waals surface area contributed by atoms with E-state index in [0.717, 1.165) is 22.8 Å². The van der Waals surface area contributed by atoms with Gasteiger partial charge in [-0.25, -0.2) is 9.97 Å². The van der Waals surface area contributed by atoms with Gasteiger partial charge in [0.1, 0.15) is 0 Å². The summed E-state index contributed by atoms with van der Waals surface area (Å²) in [5.74, 6) is 1.50. The van der Waals surface area contributed by atoms with Gasteiger partial charge in [0.25, 0.3) is 0 Å². The van der Waals surface area contributed by atoms with Crippen LogP contribution in [0.3, 0.4) is 0 Å². The second-order valence-corrected chi connectivity index (χ2v) is 6.90. The summed E-state index contributed by atoms with van der Waals surface area (Å²) in [5, 5.41) is 15.6. The molecule has 6 nitrogen and oxygen atoms in total. The van der Waals surface area contributed by atoms with E-state index in [-0.39, 0.29) is 0 Å². The Morgan fingerprint density at radius 2 is 1.00 bits per heavy atom. The van der Waals surface area contributed by atoms with E-state index in [9.17, 15) is 0 Å². The lowest BCUT2D eigenvalue weighted by Crippen LogP contribution is -1.79. The second-order valence-electron chi connectivity index (χ2n) is 4.83. The van der Waals surface area contributed by atoms with Gasteiger partial charge in [0.2, 0.25) is 10.3 Å². The van der Waals surface area contributed by atoms with E-state index >= 15 is 0 Å². The van der Waals surface area contributed by atoms with Crippen molar-refractivity contribution in [3.8, 4) is 22.8 Å². The Labute approximate surface area is 145 Å². The zero-order chi connectivity index (χ0) is 16.2. The quantitative estimate of drug-likeness (QED) is 0.527. The van der Waals surface area contributed by atoms with Gasteiger partial charge in [-0.1, -0.05) is 60.7 Å². The van der Waals surface area contributed by atoms with E-state index in [1.807, 2.05) is 60.7 Å². The molecule has 118 valence electrons. The smallest absolute Gasteiger partial charge is 0.219 e. The third kappa shape index (κ3) is 3.34. The number of rotatable bonds is 5. The molecule has 0 aliphatic carbocycles. The third-order valence-corrected chi connectivity index (χ3v) is 5.11. The molecule has 0 unspecified atom stereocenters. The predicted octanol–water partition coefficient (Wildman–Crippen LogP) is 4.06. The molecule has 0 saturated carbocycles. The van der Waals surface area contributed by atoms with Gasteiger partial charge in [-0.2, -0.15) is 0 Å². The largest absolute Gasteiger partial charge is 0.258 e. The minimum absolute atomic E-state index is 0.643. The van der Waals surface area contributed by atoms with Gasteiger partial charge in [-0.15, -0.1) is 10.2 Å². The molecule has 0 amide bonds. The zero-order valence-electron chi connectivity index (χ0n) is 12.4. The summed E-state index contributed by atoms with van der Waals surface area (Å²) in [6.45, 7) is 0. The van der Waals surface area contributed by atoms with Crippen LogP contribution in [0.25, 0.3) is 22.8 Å². The fourth-order valence-corrected chi connectivity index (χ4v) is 3.56. The Morgan fingerprint density at radius 1 is 0.583 bits per heavy atom. The minimum Gasteiger partial charge on any atom is -0.258 e. The van der Waals surface area contributed by atoms with E-state index in [4.69, 9.17) is 0 Å². The van der Waals surface area contributed by atoms with Crippen LogP contribution < -0.4 is 0 Å².